The van der Waals surface area contributed by atoms with Crippen LogP contribution in [0.15, 0.2) is 48.5 Å². The molecule has 1 N–H and O–H groups in total. The highest BCUT2D eigenvalue weighted by Crippen LogP contribution is 2.38. The lowest BCUT2D eigenvalue weighted by atomic mass is 9.91. The normalized spacial score (nSPS) is 14.4. The smallest absolute Gasteiger partial charge is 0.270 e. The molecular weight excluding hydrogens is 536 g/mol. The van der Waals surface area contributed by atoms with Crippen LogP contribution in [0.5, 0.6) is 5.75 Å². The molecule has 2 heterocycles. The van der Waals surface area contributed by atoms with Crippen LogP contribution in [0.3, 0.4) is 0 Å². The van der Waals surface area contributed by atoms with Crippen molar-refractivity contribution in [1.82, 2.24) is 14.4 Å². The molecule has 0 radical (unpaired) electrons. The summed E-state index contributed by atoms with van der Waals surface area (Å²) in [6.45, 7) is 2.41. The van der Waals surface area contributed by atoms with Gasteiger partial charge < -0.3 is 24.4 Å². The molecule has 0 saturated carbocycles. The van der Waals surface area contributed by atoms with Gasteiger partial charge in [0.2, 0.25) is 0 Å². The summed E-state index contributed by atoms with van der Waals surface area (Å²) in [7, 11) is 7.45. The number of halogens is 1. The maximum atomic E-state index is 14.3. The number of rotatable bonds is 9. The van der Waals surface area contributed by atoms with E-state index in [1.54, 1.807) is 24.1 Å². The van der Waals surface area contributed by atoms with E-state index < -0.39 is 0 Å². The standard InChI is InChI=1S/C33H39ClN4O3/c1-36(2)15-10-16-37(3)33(40)29-18-25(30-20-35-28-14-9-8-13-23(28)21-38(29)30)32(39)26-17-27(34)24(19-31(26)41-4)22-11-6-5-7-12-22/h8-9,11,13-14,17-19,35H,5-7,10,12,15-16,20-21H2,1-4H3. The number of para-hydroxylation sites is 1. The number of fused-ring (bicyclic) bond motifs is 2. The predicted octanol–water partition coefficient (Wildman–Crippen LogP) is 6.34. The summed E-state index contributed by atoms with van der Waals surface area (Å²) in [6.07, 6.45) is 7.38. The summed E-state index contributed by atoms with van der Waals surface area (Å²) >= 11 is 6.79. The zero-order chi connectivity index (χ0) is 29.1. The van der Waals surface area contributed by atoms with Gasteiger partial charge in [0.05, 0.1) is 25.8 Å². The van der Waals surface area contributed by atoms with Crippen LogP contribution in [0.2, 0.25) is 5.02 Å². The van der Waals surface area contributed by atoms with Crippen LogP contribution < -0.4 is 10.1 Å². The van der Waals surface area contributed by atoms with E-state index >= 15 is 0 Å². The first kappa shape index (κ1) is 29.0. The lowest BCUT2D eigenvalue weighted by Gasteiger charge is -2.20. The maximum Gasteiger partial charge on any atom is 0.270 e. The highest BCUT2D eigenvalue weighted by molar-refractivity contribution is 6.33. The van der Waals surface area contributed by atoms with Gasteiger partial charge in [-0.15, -0.1) is 0 Å². The second-order valence-electron chi connectivity index (χ2n) is 11.2. The van der Waals surface area contributed by atoms with Gasteiger partial charge in [0.1, 0.15) is 11.4 Å². The number of carbonyl (C=O) groups is 2. The number of ether oxygens (including phenoxy) is 1. The number of benzene rings is 2. The molecule has 2 aromatic carbocycles. The summed E-state index contributed by atoms with van der Waals surface area (Å²) in [5.74, 6) is 0.172. The number of carbonyl (C=O) groups excluding carboxylic acids is 2. The minimum Gasteiger partial charge on any atom is -0.496 e. The molecule has 0 fully saturated rings. The van der Waals surface area contributed by atoms with Crippen LogP contribution >= 0.6 is 11.6 Å². The molecule has 1 aromatic heterocycles. The third kappa shape index (κ3) is 6.07. The Balaban J connectivity index is 1.55. The Labute approximate surface area is 247 Å². The first-order chi connectivity index (χ1) is 19.8. The van der Waals surface area contributed by atoms with Crippen molar-refractivity contribution in [2.75, 3.05) is 46.7 Å². The zero-order valence-corrected chi connectivity index (χ0v) is 25.2. The molecule has 216 valence electrons. The monoisotopic (exact) mass is 574 g/mol. The number of amides is 1. The molecule has 3 aromatic rings. The Hall–Kier alpha value is -3.55. The molecule has 5 rings (SSSR count). The van der Waals surface area contributed by atoms with Crippen LogP contribution in [0.4, 0.5) is 5.69 Å². The summed E-state index contributed by atoms with van der Waals surface area (Å²) in [4.78, 5) is 31.9. The number of methoxy groups -OCH3 is 1. The Morgan fingerprint density at radius 1 is 1.05 bits per heavy atom. The minimum absolute atomic E-state index is 0.104. The predicted molar refractivity (Wildman–Crippen MR) is 165 cm³/mol. The molecule has 7 nitrogen and oxygen atoms in total. The number of anilines is 1. The van der Waals surface area contributed by atoms with E-state index in [1.165, 1.54) is 12.0 Å². The Morgan fingerprint density at radius 2 is 1.85 bits per heavy atom. The van der Waals surface area contributed by atoms with Gasteiger partial charge in [-0.1, -0.05) is 35.9 Å². The molecule has 8 heteroatoms. The molecule has 41 heavy (non-hydrogen) atoms. The highest BCUT2D eigenvalue weighted by atomic mass is 35.5. The zero-order valence-electron chi connectivity index (χ0n) is 24.4. The van der Waals surface area contributed by atoms with E-state index in [0.29, 0.717) is 47.2 Å². The van der Waals surface area contributed by atoms with Crippen LogP contribution in [-0.4, -0.2) is 67.4 Å². The van der Waals surface area contributed by atoms with E-state index in [4.69, 9.17) is 16.3 Å². The van der Waals surface area contributed by atoms with Crippen molar-refractivity contribution >= 4 is 34.6 Å². The molecule has 1 aliphatic heterocycles. The van der Waals surface area contributed by atoms with E-state index in [2.05, 4.69) is 22.4 Å². The molecular formula is C33H39ClN4O3. The number of ketones is 1. The van der Waals surface area contributed by atoms with Crippen molar-refractivity contribution < 1.29 is 14.3 Å². The van der Waals surface area contributed by atoms with Crippen LogP contribution in [-0.2, 0) is 13.1 Å². The number of nitrogens with one attached hydrogen (secondary N) is 1. The fourth-order valence-electron chi connectivity index (χ4n) is 5.81. The molecule has 1 aliphatic carbocycles. The van der Waals surface area contributed by atoms with E-state index in [-0.39, 0.29) is 11.7 Å². The summed E-state index contributed by atoms with van der Waals surface area (Å²) < 4.78 is 7.73. The first-order valence-corrected chi connectivity index (χ1v) is 14.7. The molecule has 1 amide bonds. The molecule has 0 bridgehead atoms. The van der Waals surface area contributed by atoms with Crippen LogP contribution in [0.1, 0.15) is 75.3 Å². The minimum atomic E-state index is -0.209. The fraction of sp³-hybridized carbons (Fsp3) is 0.394. The number of hydrogen-bond acceptors (Lipinski definition) is 5. The van der Waals surface area contributed by atoms with Gasteiger partial charge in [-0.2, -0.15) is 0 Å². The number of nitrogens with zero attached hydrogens (tertiary/aromatic N) is 3. The number of allylic oxidation sites excluding steroid dienone is 2. The van der Waals surface area contributed by atoms with E-state index in [9.17, 15) is 9.59 Å². The van der Waals surface area contributed by atoms with Gasteiger partial charge in [-0.3, -0.25) is 9.59 Å². The lowest BCUT2D eigenvalue weighted by Crippen LogP contribution is -2.31. The van der Waals surface area contributed by atoms with Crippen molar-refractivity contribution in [3.05, 3.63) is 87.2 Å². The van der Waals surface area contributed by atoms with Crippen molar-refractivity contribution in [1.29, 1.82) is 0 Å². The van der Waals surface area contributed by atoms with Crippen LogP contribution in [0.25, 0.3) is 5.57 Å². The summed E-state index contributed by atoms with van der Waals surface area (Å²) in [6, 6.07) is 13.4. The number of aromatic nitrogens is 1. The topological polar surface area (TPSA) is 66.8 Å². The largest absolute Gasteiger partial charge is 0.496 e. The van der Waals surface area contributed by atoms with Crippen molar-refractivity contribution in [2.24, 2.45) is 0 Å². The van der Waals surface area contributed by atoms with Gasteiger partial charge in [0.15, 0.2) is 5.78 Å². The van der Waals surface area contributed by atoms with Gasteiger partial charge in [0.25, 0.3) is 5.91 Å². The SMILES string of the molecule is COc1cc(C2=CCCCC2)c(Cl)cc1C(=O)c1cc(C(=O)N(C)CCCN(C)C)n2c1CNc1ccccc1C2. The summed E-state index contributed by atoms with van der Waals surface area (Å²) in [5.41, 5.74) is 6.33. The van der Waals surface area contributed by atoms with Crippen molar-refractivity contribution in [3.63, 3.8) is 0 Å². The van der Waals surface area contributed by atoms with Gasteiger partial charge >= 0.3 is 0 Å². The fourth-order valence-corrected chi connectivity index (χ4v) is 6.09. The molecule has 0 atom stereocenters. The second kappa shape index (κ2) is 12.5. The summed E-state index contributed by atoms with van der Waals surface area (Å²) in [5, 5.41) is 4.02. The molecule has 0 unspecified atom stereocenters. The Morgan fingerprint density at radius 3 is 2.59 bits per heavy atom. The maximum absolute atomic E-state index is 14.3. The van der Waals surface area contributed by atoms with Crippen LogP contribution in [0, 0.1) is 0 Å². The third-order valence-corrected chi connectivity index (χ3v) is 8.39. The average Bonchev–Trinajstić information content (AvgIpc) is 3.22. The van der Waals surface area contributed by atoms with Gasteiger partial charge in [-0.05, 0) is 93.7 Å². The van der Waals surface area contributed by atoms with Gasteiger partial charge in [0, 0.05) is 35.6 Å². The van der Waals surface area contributed by atoms with Gasteiger partial charge in [-0.25, -0.2) is 0 Å². The molecule has 0 saturated heterocycles. The second-order valence-corrected chi connectivity index (χ2v) is 11.6. The highest BCUT2D eigenvalue weighted by Gasteiger charge is 2.30. The van der Waals surface area contributed by atoms with E-state index in [1.807, 2.05) is 50.0 Å². The first-order valence-electron chi connectivity index (χ1n) is 14.3. The molecule has 2 aliphatic rings. The lowest BCUT2D eigenvalue weighted by molar-refractivity contribution is 0.0780. The quantitative estimate of drug-likeness (QED) is 0.302. The molecule has 0 spiro atoms. The van der Waals surface area contributed by atoms with Crippen molar-refractivity contribution in [3.8, 4) is 5.75 Å². The number of hydrogen-bond donors (Lipinski definition) is 1. The van der Waals surface area contributed by atoms with Crippen molar-refractivity contribution in [2.45, 2.75) is 45.2 Å². The van der Waals surface area contributed by atoms with E-state index in [0.717, 1.165) is 54.7 Å². The third-order valence-electron chi connectivity index (χ3n) is 8.08. The Bertz CT molecular complexity index is 1490. The average molecular weight is 575 g/mol. The Kier molecular flexibility index (Phi) is 8.85.